The van der Waals surface area contributed by atoms with Gasteiger partial charge in [0, 0.05) is 39.1 Å². The first-order chi connectivity index (χ1) is 11.8. The molecule has 6 heteroatoms. The van der Waals surface area contributed by atoms with Crippen LogP contribution in [0.25, 0.3) is 0 Å². The molecule has 1 aromatic carbocycles. The molecule has 1 saturated heterocycles. The van der Waals surface area contributed by atoms with E-state index in [1.54, 1.807) is 0 Å². The standard InChI is InChI=1S/C18H26N4O2/c1-3-17-19-20-18(24-17)15(2)22-11-9-21(10-12-22)13-14-23-16-7-5-4-6-8-16/h4-8,15H,3,9-14H2,1-2H3/t15-/m1/s1. The van der Waals surface area contributed by atoms with Crippen molar-refractivity contribution in [2.45, 2.75) is 26.3 Å². The highest BCUT2D eigenvalue weighted by Crippen LogP contribution is 2.20. The number of aromatic nitrogens is 2. The van der Waals surface area contributed by atoms with Gasteiger partial charge >= 0.3 is 0 Å². The monoisotopic (exact) mass is 330 g/mol. The Hall–Kier alpha value is -1.92. The molecule has 130 valence electrons. The van der Waals surface area contributed by atoms with Gasteiger partial charge in [-0.05, 0) is 19.1 Å². The summed E-state index contributed by atoms with van der Waals surface area (Å²) in [6.07, 6.45) is 0.787. The molecule has 1 aliphatic rings. The van der Waals surface area contributed by atoms with Gasteiger partial charge in [-0.25, -0.2) is 0 Å². The second-order valence-electron chi connectivity index (χ2n) is 6.10. The van der Waals surface area contributed by atoms with Crippen LogP contribution >= 0.6 is 0 Å². The van der Waals surface area contributed by atoms with Gasteiger partial charge in [0.1, 0.15) is 12.4 Å². The van der Waals surface area contributed by atoms with Crippen molar-refractivity contribution < 1.29 is 9.15 Å². The topological polar surface area (TPSA) is 54.6 Å². The number of rotatable bonds is 7. The average Bonchev–Trinajstić information content (AvgIpc) is 3.12. The molecule has 0 saturated carbocycles. The van der Waals surface area contributed by atoms with E-state index in [9.17, 15) is 0 Å². The summed E-state index contributed by atoms with van der Waals surface area (Å²) < 4.78 is 11.5. The van der Waals surface area contributed by atoms with E-state index in [1.807, 2.05) is 37.3 Å². The number of nitrogens with zero attached hydrogens (tertiary/aromatic N) is 4. The lowest BCUT2D eigenvalue weighted by Crippen LogP contribution is -2.48. The Labute approximate surface area is 143 Å². The molecule has 0 aliphatic carbocycles. The Kier molecular flexibility index (Phi) is 5.82. The highest BCUT2D eigenvalue weighted by atomic mass is 16.5. The molecular formula is C18H26N4O2. The Morgan fingerprint density at radius 3 is 2.54 bits per heavy atom. The van der Waals surface area contributed by atoms with Gasteiger partial charge in [0.2, 0.25) is 11.8 Å². The zero-order chi connectivity index (χ0) is 16.8. The average molecular weight is 330 g/mol. The molecule has 0 bridgehead atoms. The number of aryl methyl sites for hydroxylation is 1. The Morgan fingerprint density at radius 2 is 1.88 bits per heavy atom. The number of benzene rings is 1. The highest BCUT2D eigenvalue weighted by molar-refractivity contribution is 5.20. The van der Waals surface area contributed by atoms with Gasteiger partial charge in [0.15, 0.2) is 0 Å². The van der Waals surface area contributed by atoms with Crippen LogP contribution in [0.3, 0.4) is 0 Å². The minimum absolute atomic E-state index is 0.181. The van der Waals surface area contributed by atoms with Crippen molar-refractivity contribution in [2.24, 2.45) is 0 Å². The number of hydrogen-bond acceptors (Lipinski definition) is 6. The smallest absolute Gasteiger partial charge is 0.233 e. The summed E-state index contributed by atoms with van der Waals surface area (Å²) in [7, 11) is 0. The van der Waals surface area contributed by atoms with E-state index in [1.165, 1.54) is 0 Å². The Bertz CT molecular complexity index is 608. The Balaban J connectivity index is 1.40. The van der Waals surface area contributed by atoms with Gasteiger partial charge in [-0.2, -0.15) is 0 Å². The summed E-state index contributed by atoms with van der Waals surface area (Å²) in [6, 6.07) is 10.2. The fourth-order valence-corrected chi connectivity index (χ4v) is 2.92. The van der Waals surface area contributed by atoms with Crippen LogP contribution in [0.1, 0.15) is 31.7 Å². The minimum atomic E-state index is 0.181. The van der Waals surface area contributed by atoms with Crippen molar-refractivity contribution in [3.05, 3.63) is 42.1 Å². The summed E-state index contributed by atoms with van der Waals surface area (Å²) >= 11 is 0. The van der Waals surface area contributed by atoms with Crippen LogP contribution in [-0.2, 0) is 6.42 Å². The molecule has 1 aromatic heterocycles. The van der Waals surface area contributed by atoms with Crippen molar-refractivity contribution in [1.82, 2.24) is 20.0 Å². The van der Waals surface area contributed by atoms with Crippen molar-refractivity contribution >= 4 is 0 Å². The van der Waals surface area contributed by atoms with Crippen LogP contribution in [0.4, 0.5) is 0 Å². The van der Waals surface area contributed by atoms with Crippen LogP contribution in [0.5, 0.6) is 5.75 Å². The maximum absolute atomic E-state index is 5.78. The van der Waals surface area contributed by atoms with Gasteiger partial charge in [0.05, 0.1) is 6.04 Å². The molecule has 3 rings (SSSR count). The van der Waals surface area contributed by atoms with Crippen LogP contribution in [0.15, 0.2) is 34.7 Å². The number of piperazine rings is 1. The summed E-state index contributed by atoms with van der Waals surface area (Å²) in [5, 5.41) is 8.24. The maximum Gasteiger partial charge on any atom is 0.233 e. The zero-order valence-corrected chi connectivity index (χ0v) is 14.5. The Morgan fingerprint density at radius 1 is 1.12 bits per heavy atom. The summed E-state index contributed by atoms with van der Waals surface area (Å²) in [5.41, 5.74) is 0. The number of para-hydroxylation sites is 1. The van der Waals surface area contributed by atoms with E-state index in [2.05, 4.69) is 26.9 Å². The summed E-state index contributed by atoms with van der Waals surface area (Å²) in [5.74, 6) is 2.38. The quantitative estimate of drug-likeness (QED) is 0.777. The van der Waals surface area contributed by atoms with E-state index in [0.717, 1.165) is 57.4 Å². The third kappa shape index (κ3) is 4.33. The predicted octanol–water partition coefficient (Wildman–Crippen LogP) is 2.39. The highest BCUT2D eigenvalue weighted by Gasteiger charge is 2.25. The van der Waals surface area contributed by atoms with Crippen LogP contribution in [0.2, 0.25) is 0 Å². The summed E-state index contributed by atoms with van der Waals surface area (Å²) in [4.78, 5) is 4.85. The molecule has 6 nitrogen and oxygen atoms in total. The van der Waals surface area contributed by atoms with E-state index >= 15 is 0 Å². The minimum Gasteiger partial charge on any atom is -0.492 e. The fourth-order valence-electron chi connectivity index (χ4n) is 2.92. The lowest BCUT2D eigenvalue weighted by atomic mass is 10.2. The normalized spacial score (nSPS) is 17.8. The van der Waals surface area contributed by atoms with Crippen LogP contribution in [0, 0.1) is 0 Å². The lowest BCUT2D eigenvalue weighted by molar-refractivity contribution is 0.0821. The van der Waals surface area contributed by atoms with Gasteiger partial charge in [0.25, 0.3) is 0 Å². The van der Waals surface area contributed by atoms with Crippen LogP contribution < -0.4 is 4.74 Å². The van der Waals surface area contributed by atoms with Gasteiger partial charge in [-0.15, -0.1) is 10.2 Å². The van der Waals surface area contributed by atoms with E-state index in [4.69, 9.17) is 9.15 Å². The van der Waals surface area contributed by atoms with Gasteiger partial charge < -0.3 is 9.15 Å². The van der Waals surface area contributed by atoms with Gasteiger partial charge in [-0.3, -0.25) is 9.80 Å². The number of hydrogen-bond donors (Lipinski definition) is 0. The first-order valence-corrected chi connectivity index (χ1v) is 8.72. The first kappa shape index (κ1) is 16.9. The molecule has 0 spiro atoms. The zero-order valence-electron chi connectivity index (χ0n) is 14.5. The first-order valence-electron chi connectivity index (χ1n) is 8.72. The second kappa shape index (κ2) is 8.26. The predicted molar refractivity (Wildman–Crippen MR) is 92.0 cm³/mol. The summed E-state index contributed by atoms with van der Waals surface area (Å²) in [6.45, 7) is 9.95. The molecule has 0 radical (unpaired) electrons. The van der Waals surface area contributed by atoms with Crippen molar-refractivity contribution in [3.8, 4) is 5.75 Å². The molecule has 0 unspecified atom stereocenters. The van der Waals surface area contributed by atoms with Crippen LogP contribution in [-0.4, -0.2) is 59.3 Å². The maximum atomic E-state index is 5.78. The molecule has 1 aliphatic heterocycles. The van der Waals surface area contributed by atoms with E-state index in [0.29, 0.717) is 5.89 Å². The molecule has 24 heavy (non-hydrogen) atoms. The fraction of sp³-hybridized carbons (Fsp3) is 0.556. The molecule has 2 aromatic rings. The van der Waals surface area contributed by atoms with E-state index in [-0.39, 0.29) is 6.04 Å². The molecule has 2 heterocycles. The lowest BCUT2D eigenvalue weighted by Gasteiger charge is -2.36. The molecule has 1 atom stereocenters. The van der Waals surface area contributed by atoms with Crippen molar-refractivity contribution in [3.63, 3.8) is 0 Å². The van der Waals surface area contributed by atoms with Crippen molar-refractivity contribution in [2.75, 3.05) is 39.3 Å². The molecule has 0 amide bonds. The molecule has 1 fully saturated rings. The molecular weight excluding hydrogens is 304 g/mol. The number of ether oxygens (including phenoxy) is 1. The van der Waals surface area contributed by atoms with Crippen molar-refractivity contribution in [1.29, 1.82) is 0 Å². The SMILES string of the molecule is CCc1nnc([C@@H](C)N2CCN(CCOc3ccccc3)CC2)o1. The third-order valence-electron chi connectivity index (χ3n) is 4.52. The van der Waals surface area contributed by atoms with Gasteiger partial charge in [-0.1, -0.05) is 25.1 Å². The van der Waals surface area contributed by atoms with E-state index < -0.39 is 0 Å². The third-order valence-corrected chi connectivity index (χ3v) is 4.52. The largest absolute Gasteiger partial charge is 0.492 e. The second-order valence-corrected chi connectivity index (χ2v) is 6.10. The molecule has 0 N–H and O–H groups in total.